The minimum atomic E-state index is -0.742. The number of ether oxygens (including phenoxy) is 4. The summed E-state index contributed by atoms with van der Waals surface area (Å²) in [7, 11) is 1.29. The molecule has 208 valence electrons. The number of esters is 4. The highest BCUT2D eigenvalue weighted by Crippen LogP contribution is 2.31. The quantitative estimate of drug-likeness (QED) is 0.250. The molecule has 0 saturated carbocycles. The lowest BCUT2D eigenvalue weighted by molar-refractivity contribution is -0.148. The zero-order chi connectivity index (χ0) is 28.0. The molecule has 0 aromatic heterocycles. The molecule has 0 bridgehead atoms. The van der Waals surface area contributed by atoms with Crippen molar-refractivity contribution in [2.45, 2.75) is 92.2 Å². The summed E-state index contributed by atoms with van der Waals surface area (Å²) in [5, 5.41) is 3.07. The van der Waals surface area contributed by atoms with E-state index < -0.39 is 30.1 Å². The Morgan fingerprint density at radius 1 is 0.838 bits per heavy atom. The van der Waals surface area contributed by atoms with Gasteiger partial charge in [-0.3, -0.25) is 19.2 Å². The molecule has 1 rings (SSSR count). The van der Waals surface area contributed by atoms with Crippen molar-refractivity contribution in [3.05, 3.63) is 23.8 Å². The maximum absolute atomic E-state index is 12.7. The Labute approximate surface area is 220 Å². The Morgan fingerprint density at radius 3 is 1.92 bits per heavy atom. The lowest BCUT2D eigenvalue weighted by Crippen LogP contribution is -2.43. The van der Waals surface area contributed by atoms with Crippen LogP contribution in [0.25, 0.3) is 0 Å². The van der Waals surface area contributed by atoms with E-state index in [1.807, 2.05) is 13.8 Å². The first kappa shape index (κ1) is 32.1. The van der Waals surface area contributed by atoms with Gasteiger partial charge in [-0.2, -0.15) is 0 Å². The van der Waals surface area contributed by atoms with Crippen LogP contribution in [0.1, 0.15) is 79.2 Å². The summed E-state index contributed by atoms with van der Waals surface area (Å²) in [6.45, 7) is 11.2. The minimum absolute atomic E-state index is 0.122. The van der Waals surface area contributed by atoms with E-state index in [1.165, 1.54) is 7.11 Å². The van der Waals surface area contributed by atoms with Gasteiger partial charge in [-0.15, -0.1) is 0 Å². The summed E-state index contributed by atoms with van der Waals surface area (Å²) in [5.41, 5.74) is 0.661. The maximum atomic E-state index is 12.7. The third-order valence-corrected chi connectivity index (χ3v) is 5.88. The third-order valence-electron chi connectivity index (χ3n) is 5.88. The van der Waals surface area contributed by atoms with Gasteiger partial charge < -0.3 is 24.3 Å². The van der Waals surface area contributed by atoms with Gasteiger partial charge in [-0.25, -0.2) is 0 Å². The standard InChI is InChI=1S/C28H43NO8/c1-8-11-18(4)26(31)36-23-14-13-21(16-24(23)37-27(32)19(5)12-9-2)15-22(28(33)34-7)29-17-20(6)35-25(30)10-3/h13-14,16,18-20,22,29H,8-12,15,17H2,1-7H3/t18?,19?,20?,22-/m0/s1. The molecule has 3 unspecified atom stereocenters. The van der Waals surface area contributed by atoms with Crippen LogP contribution in [0.5, 0.6) is 11.5 Å². The predicted octanol–water partition coefficient (Wildman–Crippen LogP) is 4.39. The molecule has 9 heteroatoms. The van der Waals surface area contributed by atoms with Gasteiger partial charge in [-0.1, -0.05) is 53.5 Å². The Bertz CT molecular complexity index is 900. The number of rotatable bonds is 16. The molecule has 0 aliphatic carbocycles. The molecular weight excluding hydrogens is 478 g/mol. The normalized spacial score (nSPS) is 14.1. The Hall–Kier alpha value is -2.94. The topological polar surface area (TPSA) is 117 Å². The lowest BCUT2D eigenvalue weighted by atomic mass is 10.0. The molecular formula is C28H43NO8. The van der Waals surface area contributed by atoms with Crippen molar-refractivity contribution < 1.29 is 38.1 Å². The molecule has 1 aromatic carbocycles. The summed E-state index contributed by atoms with van der Waals surface area (Å²) >= 11 is 0. The van der Waals surface area contributed by atoms with Gasteiger partial charge in [-0.05, 0) is 43.9 Å². The Morgan fingerprint density at radius 2 is 1.41 bits per heavy atom. The number of hydrogen-bond acceptors (Lipinski definition) is 9. The summed E-state index contributed by atoms with van der Waals surface area (Å²) in [5.74, 6) is -2.01. The Kier molecular flexibility index (Phi) is 14.5. The molecule has 1 aromatic rings. The summed E-state index contributed by atoms with van der Waals surface area (Å²) in [6, 6.07) is 4.13. The molecule has 4 atom stereocenters. The van der Waals surface area contributed by atoms with E-state index in [9.17, 15) is 19.2 Å². The molecule has 0 aliphatic rings. The van der Waals surface area contributed by atoms with E-state index in [2.05, 4.69) is 5.32 Å². The first-order valence-corrected chi connectivity index (χ1v) is 13.1. The van der Waals surface area contributed by atoms with Crippen molar-refractivity contribution in [2.75, 3.05) is 13.7 Å². The monoisotopic (exact) mass is 521 g/mol. The fourth-order valence-corrected chi connectivity index (χ4v) is 3.64. The van der Waals surface area contributed by atoms with Crippen LogP contribution in [-0.2, 0) is 35.1 Å². The number of hydrogen-bond donors (Lipinski definition) is 1. The van der Waals surface area contributed by atoms with E-state index in [4.69, 9.17) is 18.9 Å². The van der Waals surface area contributed by atoms with Crippen LogP contribution in [0.3, 0.4) is 0 Å². The van der Waals surface area contributed by atoms with Crippen LogP contribution in [0, 0.1) is 11.8 Å². The average molecular weight is 522 g/mol. The highest BCUT2D eigenvalue weighted by molar-refractivity contribution is 5.79. The van der Waals surface area contributed by atoms with Crippen LogP contribution in [0.2, 0.25) is 0 Å². The van der Waals surface area contributed by atoms with E-state index in [-0.39, 0.29) is 48.7 Å². The van der Waals surface area contributed by atoms with Gasteiger partial charge >= 0.3 is 23.9 Å². The molecule has 0 aliphatic heterocycles. The van der Waals surface area contributed by atoms with E-state index >= 15 is 0 Å². The average Bonchev–Trinajstić information content (AvgIpc) is 2.87. The molecule has 0 saturated heterocycles. The molecule has 1 N–H and O–H groups in total. The molecule has 37 heavy (non-hydrogen) atoms. The summed E-state index contributed by atoms with van der Waals surface area (Å²) in [4.78, 5) is 49.2. The highest BCUT2D eigenvalue weighted by Gasteiger charge is 2.24. The highest BCUT2D eigenvalue weighted by atomic mass is 16.6. The molecule has 0 spiro atoms. The van der Waals surface area contributed by atoms with Gasteiger partial charge in [0, 0.05) is 13.0 Å². The maximum Gasteiger partial charge on any atom is 0.323 e. The largest absolute Gasteiger partial charge is 0.468 e. The second kappa shape index (κ2) is 16.7. The van der Waals surface area contributed by atoms with E-state index in [0.717, 1.165) is 12.8 Å². The smallest absolute Gasteiger partial charge is 0.323 e. The number of nitrogens with one attached hydrogen (secondary N) is 1. The first-order valence-electron chi connectivity index (χ1n) is 13.1. The first-order chi connectivity index (χ1) is 17.6. The predicted molar refractivity (Wildman–Crippen MR) is 139 cm³/mol. The van der Waals surface area contributed by atoms with Crippen molar-refractivity contribution in [1.82, 2.24) is 5.32 Å². The third kappa shape index (κ3) is 11.3. The van der Waals surface area contributed by atoms with Gasteiger partial charge in [0.25, 0.3) is 0 Å². The second-order valence-corrected chi connectivity index (χ2v) is 9.34. The van der Waals surface area contributed by atoms with Crippen molar-refractivity contribution in [2.24, 2.45) is 11.8 Å². The SMILES string of the molecule is CCCC(C)C(=O)Oc1ccc(C[C@H](NCC(C)OC(=O)CC)C(=O)OC)cc1OC(=O)C(C)CCC. The van der Waals surface area contributed by atoms with Crippen LogP contribution in [0.4, 0.5) is 0 Å². The second-order valence-electron chi connectivity index (χ2n) is 9.34. The molecule has 0 fully saturated rings. The number of carbonyl (C=O) groups is 4. The van der Waals surface area contributed by atoms with Crippen LogP contribution < -0.4 is 14.8 Å². The molecule has 0 amide bonds. The molecule has 0 radical (unpaired) electrons. The molecule has 9 nitrogen and oxygen atoms in total. The van der Waals surface area contributed by atoms with Gasteiger partial charge in [0.15, 0.2) is 11.5 Å². The van der Waals surface area contributed by atoms with Crippen molar-refractivity contribution >= 4 is 23.9 Å². The van der Waals surface area contributed by atoms with E-state index in [0.29, 0.717) is 18.4 Å². The number of benzene rings is 1. The van der Waals surface area contributed by atoms with Gasteiger partial charge in [0.1, 0.15) is 12.1 Å². The fourth-order valence-electron chi connectivity index (χ4n) is 3.64. The van der Waals surface area contributed by atoms with Crippen LogP contribution >= 0.6 is 0 Å². The Balaban J connectivity index is 3.15. The van der Waals surface area contributed by atoms with Crippen LogP contribution in [0.15, 0.2) is 18.2 Å². The zero-order valence-electron chi connectivity index (χ0n) is 23.3. The van der Waals surface area contributed by atoms with Crippen LogP contribution in [-0.4, -0.2) is 49.7 Å². The minimum Gasteiger partial charge on any atom is -0.468 e. The van der Waals surface area contributed by atoms with Crippen molar-refractivity contribution in [3.8, 4) is 11.5 Å². The zero-order valence-corrected chi connectivity index (χ0v) is 23.3. The molecule has 0 heterocycles. The lowest BCUT2D eigenvalue weighted by Gasteiger charge is -2.21. The van der Waals surface area contributed by atoms with Crippen molar-refractivity contribution in [3.63, 3.8) is 0 Å². The van der Waals surface area contributed by atoms with Crippen molar-refractivity contribution in [1.29, 1.82) is 0 Å². The van der Waals surface area contributed by atoms with Gasteiger partial charge in [0.2, 0.25) is 0 Å². The summed E-state index contributed by atoms with van der Waals surface area (Å²) < 4.78 is 21.4. The van der Waals surface area contributed by atoms with E-state index in [1.54, 1.807) is 45.9 Å². The number of carbonyl (C=O) groups excluding carboxylic acids is 4. The number of methoxy groups -OCH3 is 1. The fraction of sp³-hybridized carbons (Fsp3) is 0.643. The summed E-state index contributed by atoms with van der Waals surface area (Å²) in [6.07, 6.45) is 3.03. The van der Waals surface area contributed by atoms with Gasteiger partial charge in [0.05, 0.1) is 18.9 Å².